The van der Waals surface area contributed by atoms with Crippen molar-refractivity contribution >= 4 is 23.6 Å². The Kier molecular flexibility index (Phi) is 5.19. The molecule has 1 aliphatic rings. The highest BCUT2D eigenvalue weighted by molar-refractivity contribution is 8.00. The van der Waals surface area contributed by atoms with E-state index in [1.165, 1.54) is 12.1 Å². The van der Waals surface area contributed by atoms with E-state index in [1.54, 1.807) is 4.90 Å². The monoisotopic (exact) mass is 313 g/mol. The van der Waals surface area contributed by atoms with E-state index in [1.807, 2.05) is 6.92 Å². The summed E-state index contributed by atoms with van der Waals surface area (Å²) in [6.07, 6.45) is -0.000209. The van der Waals surface area contributed by atoms with Gasteiger partial charge >= 0.3 is 5.97 Å². The summed E-state index contributed by atoms with van der Waals surface area (Å²) < 4.78 is 19.0. The standard InChI is InChI=1S/C14H16FNO4S/c1-9-7-16(4-5-20-9)13(17)8-21-12-6-10(14(18)19)2-3-11(12)15/h2-3,6,9H,4-5,7-8H2,1H3,(H,18,19). The van der Waals surface area contributed by atoms with Gasteiger partial charge in [-0.3, -0.25) is 4.79 Å². The van der Waals surface area contributed by atoms with Crippen molar-refractivity contribution in [3.8, 4) is 0 Å². The highest BCUT2D eigenvalue weighted by Gasteiger charge is 2.21. The molecule has 1 atom stereocenters. The number of carbonyl (C=O) groups excluding carboxylic acids is 1. The lowest BCUT2D eigenvalue weighted by Gasteiger charge is -2.31. The number of thioether (sulfide) groups is 1. The Bertz CT molecular complexity index is 552. The van der Waals surface area contributed by atoms with Crippen molar-refractivity contribution < 1.29 is 23.8 Å². The molecule has 1 heterocycles. The van der Waals surface area contributed by atoms with Crippen LogP contribution in [-0.2, 0) is 9.53 Å². The lowest BCUT2D eigenvalue weighted by atomic mass is 10.2. The third-order valence-electron chi connectivity index (χ3n) is 3.12. The van der Waals surface area contributed by atoms with Gasteiger partial charge in [0.05, 0.1) is 24.0 Å². The van der Waals surface area contributed by atoms with Gasteiger partial charge in [0.2, 0.25) is 5.91 Å². The van der Waals surface area contributed by atoms with Gasteiger partial charge in [-0.15, -0.1) is 11.8 Å². The van der Waals surface area contributed by atoms with Gasteiger partial charge in [0.15, 0.2) is 0 Å². The van der Waals surface area contributed by atoms with Crippen molar-refractivity contribution in [3.05, 3.63) is 29.6 Å². The molecule has 5 nitrogen and oxygen atoms in total. The summed E-state index contributed by atoms with van der Waals surface area (Å²) in [4.78, 5) is 24.8. The number of benzene rings is 1. The predicted molar refractivity (Wildman–Crippen MR) is 76.1 cm³/mol. The largest absolute Gasteiger partial charge is 0.478 e. The van der Waals surface area contributed by atoms with Gasteiger partial charge in [-0.05, 0) is 25.1 Å². The van der Waals surface area contributed by atoms with Crippen LogP contribution >= 0.6 is 11.8 Å². The van der Waals surface area contributed by atoms with Crippen molar-refractivity contribution in [1.82, 2.24) is 4.90 Å². The lowest BCUT2D eigenvalue weighted by molar-refractivity contribution is -0.135. The first-order valence-electron chi connectivity index (χ1n) is 6.52. The smallest absolute Gasteiger partial charge is 0.335 e. The van der Waals surface area contributed by atoms with Gasteiger partial charge in [0.1, 0.15) is 5.82 Å². The number of amides is 1. The molecule has 1 aromatic rings. The quantitative estimate of drug-likeness (QED) is 0.860. The highest BCUT2D eigenvalue weighted by Crippen LogP contribution is 2.24. The second-order valence-electron chi connectivity index (χ2n) is 4.76. The fraction of sp³-hybridized carbons (Fsp3) is 0.429. The zero-order valence-corrected chi connectivity index (χ0v) is 12.4. The van der Waals surface area contributed by atoms with E-state index >= 15 is 0 Å². The van der Waals surface area contributed by atoms with E-state index in [0.717, 1.165) is 17.8 Å². The second-order valence-corrected chi connectivity index (χ2v) is 5.78. The molecule has 2 rings (SSSR count). The minimum Gasteiger partial charge on any atom is -0.478 e. The van der Waals surface area contributed by atoms with Crippen molar-refractivity contribution in [2.24, 2.45) is 0 Å². The van der Waals surface area contributed by atoms with Gasteiger partial charge in [0, 0.05) is 18.0 Å². The summed E-state index contributed by atoms with van der Waals surface area (Å²) in [7, 11) is 0. The van der Waals surface area contributed by atoms with Crippen LogP contribution in [0.1, 0.15) is 17.3 Å². The Morgan fingerprint density at radius 3 is 2.95 bits per heavy atom. The molecule has 1 aromatic carbocycles. The van der Waals surface area contributed by atoms with Crippen molar-refractivity contribution in [1.29, 1.82) is 0 Å². The minimum atomic E-state index is -1.12. The molecule has 21 heavy (non-hydrogen) atoms. The maximum atomic E-state index is 13.6. The number of ether oxygens (including phenoxy) is 1. The first-order chi connectivity index (χ1) is 9.97. The number of rotatable bonds is 4. The van der Waals surface area contributed by atoms with Crippen LogP contribution < -0.4 is 0 Å². The van der Waals surface area contributed by atoms with Crippen LogP contribution in [-0.4, -0.2) is 53.4 Å². The summed E-state index contributed by atoms with van der Waals surface area (Å²) in [6, 6.07) is 3.55. The number of aromatic carboxylic acids is 1. The molecule has 0 spiro atoms. The molecule has 0 radical (unpaired) electrons. The van der Waals surface area contributed by atoms with Crippen LogP contribution in [0.5, 0.6) is 0 Å². The van der Waals surface area contributed by atoms with Crippen LogP contribution in [0.3, 0.4) is 0 Å². The maximum Gasteiger partial charge on any atom is 0.335 e. The predicted octanol–water partition coefficient (Wildman–Crippen LogP) is 1.86. The fourth-order valence-electron chi connectivity index (χ4n) is 2.02. The number of halogens is 1. The number of hydrogen-bond acceptors (Lipinski definition) is 4. The van der Waals surface area contributed by atoms with Gasteiger partial charge in [-0.25, -0.2) is 9.18 Å². The van der Waals surface area contributed by atoms with Gasteiger partial charge < -0.3 is 14.7 Å². The maximum absolute atomic E-state index is 13.6. The van der Waals surface area contributed by atoms with Crippen molar-refractivity contribution in [2.45, 2.75) is 17.9 Å². The summed E-state index contributed by atoms with van der Waals surface area (Å²) in [5.74, 6) is -1.67. The minimum absolute atomic E-state index is 0.000209. The van der Waals surface area contributed by atoms with Gasteiger partial charge in [-0.1, -0.05) is 0 Å². The molecule has 0 aliphatic carbocycles. The van der Waals surface area contributed by atoms with Gasteiger partial charge in [0.25, 0.3) is 0 Å². The first-order valence-corrected chi connectivity index (χ1v) is 7.51. The van der Waals surface area contributed by atoms with E-state index in [-0.39, 0.29) is 28.2 Å². The number of morpholine rings is 1. The fourth-order valence-corrected chi connectivity index (χ4v) is 2.90. The van der Waals surface area contributed by atoms with Gasteiger partial charge in [-0.2, -0.15) is 0 Å². The van der Waals surface area contributed by atoms with Crippen LogP contribution in [0.15, 0.2) is 23.1 Å². The third kappa shape index (κ3) is 4.18. The normalized spacial score (nSPS) is 18.6. The van der Waals surface area contributed by atoms with Crippen LogP contribution in [0.2, 0.25) is 0 Å². The van der Waals surface area contributed by atoms with E-state index in [2.05, 4.69) is 0 Å². The molecule has 1 saturated heterocycles. The molecule has 114 valence electrons. The van der Waals surface area contributed by atoms with E-state index in [9.17, 15) is 14.0 Å². The first kappa shape index (κ1) is 15.8. The van der Waals surface area contributed by atoms with E-state index < -0.39 is 11.8 Å². The highest BCUT2D eigenvalue weighted by atomic mass is 32.2. The number of hydrogen-bond donors (Lipinski definition) is 1. The SMILES string of the molecule is CC1CN(C(=O)CSc2cc(C(=O)O)ccc2F)CCO1. The zero-order valence-electron chi connectivity index (χ0n) is 11.5. The Hall–Kier alpha value is -1.60. The molecule has 1 unspecified atom stereocenters. The molecule has 1 aliphatic heterocycles. The summed E-state index contributed by atoms with van der Waals surface area (Å²) >= 11 is 1.01. The summed E-state index contributed by atoms with van der Waals surface area (Å²) in [6.45, 7) is 3.45. The lowest BCUT2D eigenvalue weighted by Crippen LogP contribution is -2.45. The topological polar surface area (TPSA) is 66.8 Å². The van der Waals surface area contributed by atoms with E-state index in [4.69, 9.17) is 9.84 Å². The van der Waals surface area contributed by atoms with E-state index in [0.29, 0.717) is 19.7 Å². The molecule has 1 fully saturated rings. The molecular formula is C14H16FNO4S. The molecule has 1 N–H and O–H groups in total. The number of carboxylic acid groups (broad SMARTS) is 1. The average Bonchev–Trinajstić information content (AvgIpc) is 2.45. The third-order valence-corrected chi connectivity index (χ3v) is 4.14. The van der Waals surface area contributed by atoms with Crippen LogP contribution in [0.4, 0.5) is 4.39 Å². The van der Waals surface area contributed by atoms with Crippen LogP contribution in [0, 0.1) is 5.82 Å². The molecule has 1 amide bonds. The molecule has 0 aromatic heterocycles. The number of nitrogens with zero attached hydrogens (tertiary/aromatic N) is 1. The van der Waals surface area contributed by atoms with Crippen molar-refractivity contribution in [2.75, 3.05) is 25.4 Å². The number of carboxylic acids is 1. The summed E-state index contributed by atoms with van der Waals surface area (Å²) in [5, 5.41) is 8.89. The Balaban J connectivity index is 1.97. The van der Waals surface area contributed by atoms with Crippen molar-refractivity contribution in [3.63, 3.8) is 0 Å². The van der Waals surface area contributed by atoms with Crippen LogP contribution in [0.25, 0.3) is 0 Å². The molecule has 0 saturated carbocycles. The Labute approximate surface area is 126 Å². The molecular weight excluding hydrogens is 297 g/mol. The zero-order chi connectivity index (χ0) is 15.4. The molecule has 0 bridgehead atoms. The average molecular weight is 313 g/mol. The Morgan fingerprint density at radius 1 is 1.52 bits per heavy atom. The molecule has 7 heteroatoms. The summed E-state index contributed by atoms with van der Waals surface area (Å²) in [5.41, 5.74) is 0.00587. The Morgan fingerprint density at radius 2 is 2.29 bits per heavy atom. The number of carbonyl (C=O) groups is 2. The second kappa shape index (κ2) is 6.91.